The summed E-state index contributed by atoms with van der Waals surface area (Å²) < 4.78 is 7.58. The summed E-state index contributed by atoms with van der Waals surface area (Å²) in [7, 11) is 0. The molecule has 0 saturated carbocycles. The third kappa shape index (κ3) is 3.51. The number of benzene rings is 1. The van der Waals surface area contributed by atoms with Crippen LogP contribution in [-0.4, -0.2) is 46.1 Å². The number of rotatable bonds is 5. The monoisotopic (exact) mass is 389 g/mol. The van der Waals surface area contributed by atoms with Crippen LogP contribution in [0.5, 0.6) is 0 Å². The molecule has 0 aliphatic carbocycles. The van der Waals surface area contributed by atoms with Gasteiger partial charge in [-0.25, -0.2) is 4.98 Å². The van der Waals surface area contributed by atoms with Crippen molar-refractivity contribution in [1.29, 1.82) is 0 Å². The molecule has 0 radical (unpaired) electrons. The van der Waals surface area contributed by atoms with Crippen LogP contribution < -0.4 is 4.90 Å². The fourth-order valence-corrected chi connectivity index (χ4v) is 4.30. The molecule has 26 heavy (non-hydrogen) atoms. The third-order valence-electron chi connectivity index (χ3n) is 4.41. The second kappa shape index (κ2) is 7.82. The molecule has 1 aliphatic rings. The minimum absolute atomic E-state index is 0.548. The fraction of sp³-hybridized carbons (Fsp3) is 0.389. The van der Waals surface area contributed by atoms with E-state index in [1.807, 2.05) is 18.2 Å². The molecule has 0 amide bonds. The number of para-hydroxylation sites is 1. The number of pyridine rings is 1. The number of fused-ring (bicyclic) bond motifs is 1. The van der Waals surface area contributed by atoms with Crippen molar-refractivity contribution in [3.05, 3.63) is 41.0 Å². The summed E-state index contributed by atoms with van der Waals surface area (Å²) in [5, 5.41) is 11.4. The molecule has 3 heterocycles. The van der Waals surface area contributed by atoms with Gasteiger partial charge < -0.3 is 9.64 Å². The van der Waals surface area contributed by atoms with E-state index in [0.29, 0.717) is 10.9 Å². The second-order valence-corrected chi connectivity index (χ2v) is 7.35. The van der Waals surface area contributed by atoms with Gasteiger partial charge in [0.25, 0.3) is 0 Å². The van der Waals surface area contributed by atoms with Gasteiger partial charge in [-0.1, -0.05) is 41.6 Å². The molecule has 2 aromatic heterocycles. The van der Waals surface area contributed by atoms with Crippen molar-refractivity contribution in [2.24, 2.45) is 0 Å². The van der Waals surface area contributed by atoms with E-state index in [9.17, 15) is 0 Å². The van der Waals surface area contributed by atoms with Crippen molar-refractivity contribution in [3.63, 3.8) is 0 Å². The van der Waals surface area contributed by atoms with Gasteiger partial charge in [-0.05, 0) is 19.1 Å². The minimum atomic E-state index is 0.548. The van der Waals surface area contributed by atoms with Crippen molar-refractivity contribution < 1.29 is 4.74 Å². The van der Waals surface area contributed by atoms with Crippen LogP contribution in [0.2, 0.25) is 5.15 Å². The lowest BCUT2D eigenvalue weighted by Gasteiger charge is -2.27. The van der Waals surface area contributed by atoms with E-state index >= 15 is 0 Å². The lowest BCUT2D eigenvalue weighted by molar-refractivity contribution is 0.121. The molecule has 8 heteroatoms. The minimum Gasteiger partial charge on any atom is -0.378 e. The molecule has 0 atom stereocenters. The Hall–Kier alpha value is -1.83. The van der Waals surface area contributed by atoms with Gasteiger partial charge in [0.15, 0.2) is 5.16 Å². The molecule has 0 unspecified atom stereocenters. The highest BCUT2D eigenvalue weighted by molar-refractivity contribution is 7.98. The van der Waals surface area contributed by atoms with Crippen molar-refractivity contribution in [3.8, 4) is 0 Å². The fourth-order valence-electron chi connectivity index (χ4n) is 3.04. The van der Waals surface area contributed by atoms with Crippen LogP contribution in [0.1, 0.15) is 12.5 Å². The average molecular weight is 390 g/mol. The van der Waals surface area contributed by atoms with Crippen LogP contribution in [0.3, 0.4) is 0 Å². The third-order valence-corrected chi connectivity index (χ3v) is 5.76. The Morgan fingerprint density at radius 2 is 2.00 bits per heavy atom. The molecule has 136 valence electrons. The van der Waals surface area contributed by atoms with E-state index in [0.717, 1.165) is 60.4 Å². The Morgan fingerprint density at radius 1 is 1.19 bits per heavy atom. The van der Waals surface area contributed by atoms with Gasteiger partial charge in [-0.15, -0.1) is 10.2 Å². The maximum atomic E-state index is 6.38. The summed E-state index contributed by atoms with van der Waals surface area (Å²) in [6, 6.07) is 10.1. The summed E-state index contributed by atoms with van der Waals surface area (Å²) in [6.45, 7) is 6.11. The molecule has 0 N–H and O–H groups in total. The van der Waals surface area contributed by atoms with Gasteiger partial charge in [0.2, 0.25) is 5.95 Å². The van der Waals surface area contributed by atoms with Crippen LogP contribution in [0.4, 0.5) is 5.95 Å². The quantitative estimate of drug-likeness (QED) is 0.490. The maximum Gasteiger partial charge on any atom is 0.228 e. The van der Waals surface area contributed by atoms with E-state index < -0.39 is 0 Å². The number of hydrogen-bond acceptors (Lipinski definition) is 6. The van der Waals surface area contributed by atoms with Gasteiger partial charge in [0.05, 0.1) is 18.7 Å². The highest BCUT2D eigenvalue weighted by atomic mass is 35.5. The van der Waals surface area contributed by atoms with Gasteiger partial charge in [0, 0.05) is 36.3 Å². The van der Waals surface area contributed by atoms with Crippen LogP contribution in [0.25, 0.3) is 10.9 Å². The van der Waals surface area contributed by atoms with E-state index in [2.05, 4.69) is 43.7 Å². The number of hydrogen-bond donors (Lipinski definition) is 0. The number of nitrogens with zero attached hydrogens (tertiary/aromatic N) is 5. The molecule has 6 nitrogen and oxygen atoms in total. The summed E-state index contributed by atoms with van der Waals surface area (Å²) in [6.07, 6.45) is 0. The standard InChI is InChI=1S/C18H20ClN5OS/c1-2-24-17(23-7-9-25-10-8-23)21-22-18(24)26-12-14-11-13-5-3-4-6-15(13)20-16(14)19/h3-6,11H,2,7-10,12H2,1H3. The van der Waals surface area contributed by atoms with Gasteiger partial charge >= 0.3 is 0 Å². The first kappa shape index (κ1) is 17.6. The van der Waals surface area contributed by atoms with E-state index in [1.54, 1.807) is 11.8 Å². The zero-order valence-corrected chi connectivity index (χ0v) is 16.1. The van der Waals surface area contributed by atoms with Crippen LogP contribution >= 0.6 is 23.4 Å². The molecule has 0 bridgehead atoms. The molecule has 3 aromatic rings. The Labute approximate surface area is 161 Å². The first-order valence-electron chi connectivity index (χ1n) is 8.69. The highest BCUT2D eigenvalue weighted by Gasteiger charge is 2.20. The predicted molar refractivity (Wildman–Crippen MR) is 105 cm³/mol. The normalized spacial score (nSPS) is 14.9. The second-order valence-electron chi connectivity index (χ2n) is 6.05. The Kier molecular flexibility index (Phi) is 5.28. The number of morpholine rings is 1. The molecule has 1 aromatic carbocycles. The highest BCUT2D eigenvalue weighted by Crippen LogP contribution is 2.29. The molecule has 1 aliphatic heterocycles. The smallest absolute Gasteiger partial charge is 0.228 e. The van der Waals surface area contributed by atoms with Crippen LogP contribution in [0.15, 0.2) is 35.5 Å². The predicted octanol–water partition coefficient (Wildman–Crippen LogP) is 3.63. The lowest BCUT2D eigenvalue weighted by Crippen LogP contribution is -2.38. The molecule has 0 spiro atoms. The summed E-state index contributed by atoms with van der Waals surface area (Å²) >= 11 is 8.02. The van der Waals surface area contributed by atoms with Crippen molar-refractivity contribution in [2.75, 3.05) is 31.2 Å². The van der Waals surface area contributed by atoms with Gasteiger partial charge in [-0.2, -0.15) is 0 Å². The van der Waals surface area contributed by atoms with Crippen LogP contribution in [0, 0.1) is 0 Å². The number of anilines is 1. The van der Waals surface area contributed by atoms with E-state index in [1.165, 1.54) is 0 Å². The van der Waals surface area contributed by atoms with Gasteiger partial charge in [-0.3, -0.25) is 4.57 Å². The SMILES string of the molecule is CCn1c(SCc2cc3ccccc3nc2Cl)nnc1N1CCOCC1. The van der Waals surface area contributed by atoms with Crippen LogP contribution in [-0.2, 0) is 17.0 Å². The van der Waals surface area contributed by atoms with E-state index in [4.69, 9.17) is 16.3 Å². The van der Waals surface area contributed by atoms with E-state index in [-0.39, 0.29) is 0 Å². The molecule has 4 rings (SSSR count). The van der Waals surface area contributed by atoms with Gasteiger partial charge in [0.1, 0.15) is 5.15 Å². The zero-order valence-electron chi connectivity index (χ0n) is 14.6. The maximum absolute atomic E-state index is 6.38. The summed E-state index contributed by atoms with van der Waals surface area (Å²) in [5.41, 5.74) is 1.92. The summed E-state index contributed by atoms with van der Waals surface area (Å²) in [5.74, 6) is 1.62. The van der Waals surface area contributed by atoms with Crippen molar-refractivity contribution in [1.82, 2.24) is 19.7 Å². The molecular formula is C18H20ClN5OS. The largest absolute Gasteiger partial charge is 0.378 e. The van der Waals surface area contributed by atoms with Crippen molar-refractivity contribution in [2.45, 2.75) is 24.4 Å². The Balaban J connectivity index is 1.54. The number of thioether (sulfide) groups is 1. The lowest BCUT2D eigenvalue weighted by atomic mass is 10.2. The topological polar surface area (TPSA) is 56.1 Å². The Bertz CT molecular complexity index is 910. The molecule has 1 saturated heterocycles. The number of aromatic nitrogens is 4. The number of halogens is 1. The number of ether oxygens (including phenoxy) is 1. The first-order valence-corrected chi connectivity index (χ1v) is 10.1. The Morgan fingerprint density at radius 3 is 2.81 bits per heavy atom. The first-order chi connectivity index (χ1) is 12.8. The average Bonchev–Trinajstić information content (AvgIpc) is 3.10. The summed E-state index contributed by atoms with van der Waals surface area (Å²) in [4.78, 5) is 6.73. The zero-order chi connectivity index (χ0) is 17.9. The molecular weight excluding hydrogens is 370 g/mol. The molecule has 1 fully saturated rings. The van der Waals surface area contributed by atoms with Crippen molar-refractivity contribution >= 4 is 40.2 Å².